The second kappa shape index (κ2) is 7.63. The lowest BCUT2D eigenvalue weighted by Gasteiger charge is -2.08. The summed E-state index contributed by atoms with van der Waals surface area (Å²) < 4.78 is 27.4. The zero-order valence-corrected chi connectivity index (χ0v) is 15.1. The minimum Gasteiger partial charge on any atom is -0.268 e. The molecule has 0 atom stereocenters. The van der Waals surface area contributed by atoms with Gasteiger partial charge in [0.1, 0.15) is 0 Å². The number of aryl methyl sites for hydroxylation is 1. The number of benzene rings is 2. The van der Waals surface area contributed by atoms with Crippen LogP contribution in [0.2, 0.25) is 0 Å². The van der Waals surface area contributed by atoms with E-state index in [0.717, 1.165) is 16.8 Å². The van der Waals surface area contributed by atoms with E-state index < -0.39 is 10.0 Å². The maximum absolute atomic E-state index is 12.4. The van der Waals surface area contributed by atoms with E-state index in [1.165, 1.54) is 0 Å². The molecule has 1 heterocycles. The standard InChI is InChI=1S/C19H19N3O3S/c1-14-11-17(19(23)22-21-14)12-15-7-9-18(10-8-15)26(24,25)20-13-16-5-3-2-4-6-16/h2-11,20H,12-13H2,1H3,(H,22,23). The fourth-order valence-corrected chi connectivity index (χ4v) is 3.57. The Bertz CT molecular complexity index is 1040. The zero-order valence-electron chi connectivity index (χ0n) is 14.3. The summed E-state index contributed by atoms with van der Waals surface area (Å²) in [6, 6.07) is 17.6. The molecule has 134 valence electrons. The molecule has 2 N–H and O–H groups in total. The SMILES string of the molecule is Cc1cc(Cc2ccc(S(=O)(=O)NCc3ccccc3)cc2)c(=O)[nH]n1. The molecule has 0 amide bonds. The summed E-state index contributed by atoms with van der Waals surface area (Å²) in [6.45, 7) is 2.03. The van der Waals surface area contributed by atoms with E-state index in [9.17, 15) is 13.2 Å². The second-order valence-corrected chi connectivity index (χ2v) is 7.76. The molecular weight excluding hydrogens is 350 g/mol. The fourth-order valence-electron chi connectivity index (χ4n) is 2.56. The molecule has 7 heteroatoms. The van der Waals surface area contributed by atoms with E-state index in [-0.39, 0.29) is 17.0 Å². The number of hydrogen-bond acceptors (Lipinski definition) is 4. The predicted octanol–water partition coefficient (Wildman–Crippen LogP) is 2.15. The minimum atomic E-state index is -3.59. The van der Waals surface area contributed by atoms with Crippen LogP contribution in [0.1, 0.15) is 22.4 Å². The molecule has 3 rings (SSSR count). The van der Waals surface area contributed by atoms with Crippen molar-refractivity contribution in [3.8, 4) is 0 Å². The first kappa shape index (κ1) is 18.0. The Morgan fingerprint density at radius 1 is 1.00 bits per heavy atom. The van der Waals surface area contributed by atoms with Crippen LogP contribution < -0.4 is 10.3 Å². The average Bonchev–Trinajstić information content (AvgIpc) is 2.64. The lowest BCUT2D eigenvalue weighted by atomic mass is 10.1. The molecule has 1 aromatic heterocycles. The van der Waals surface area contributed by atoms with Crippen molar-refractivity contribution in [2.45, 2.75) is 24.8 Å². The maximum atomic E-state index is 12.4. The van der Waals surface area contributed by atoms with Gasteiger partial charge in [-0.25, -0.2) is 18.2 Å². The highest BCUT2D eigenvalue weighted by Gasteiger charge is 2.13. The van der Waals surface area contributed by atoms with E-state index in [4.69, 9.17) is 0 Å². The molecule has 3 aromatic rings. The number of nitrogens with zero attached hydrogens (tertiary/aromatic N) is 1. The molecule has 0 aliphatic carbocycles. The van der Waals surface area contributed by atoms with Crippen molar-refractivity contribution in [3.63, 3.8) is 0 Å². The van der Waals surface area contributed by atoms with E-state index in [2.05, 4.69) is 14.9 Å². The number of nitrogens with one attached hydrogen (secondary N) is 2. The number of aromatic amines is 1. The highest BCUT2D eigenvalue weighted by molar-refractivity contribution is 7.89. The van der Waals surface area contributed by atoms with Crippen molar-refractivity contribution in [1.82, 2.24) is 14.9 Å². The van der Waals surface area contributed by atoms with Crippen LogP contribution in [-0.2, 0) is 23.0 Å². The molecule has 26 heavy (non-hydrogen) atoms. The summed E-state index contributed by atoms with van der Waals surface area (Å²) in [5.74, 6) is 0. The largest absolute Gasteiger partial charge is 0.268 e. The third-order valence-electron chi connectivity index (χ3n) is 3.95. The number of hydrogen-bond donors (Lipinski definition) is 2. The normalized spacial score (nSPS) is 11.4. The van der Waals surface area contributed by atoms with Gasteiger partial charge in [0.25, 0.3) is 5.56 Å². The monoisotopic (exact) mass is 369 g/mol. The Morgan fingerprint density at radius 2 is 1.69 bits per heavy atom. The van der Waals surface area contributed by atoms with Crippen LogP contribution in [0.15, 0.2) is 70.4 Å². The van der Waals surface area contributed by atoms with Gasteiger partial charge in [0, 0.05) is 18.5 Å². The highest BCUT2D eigenvalue weighted by Crippen LogP contribution is 2.13. The van der Waals surface area contributed by atoms with Crippen LogP contribution >= 0.6 is 0 Å². The fraction of sp³-hybridized carbons (Fsp3) is 0.158. The van der Waals surface area contributed by atoms with Crippen molar-refractivity contribution in [3.05, 3.63) is 93.4 Å². The Balaban J connectivity index is 1.72. The van der Waals surface area contributed by atoms with Gasteiger partial charge in [0.05, 0.1) is 10.6 Å². The van der Waals surface area contributed by atoms with Crippen LogP contribution in [0.4, 0.5) is 0 Å². The summed E-state index contributed by atoms with van der Waals surface area (Å²) in [6.07, 6.45) is 0.413. The van der Waals surface area contributed by atoms with Gasteiger partial charge in [-0.3, -0.25) is 4.79 Å². The third-order valence-corrected chi connectivity index (χ3v) is 5.36. The Morgan fingerprint density at radius 3 is 2.38 bits per heavy atom. The summed E-state index contributed by atoms with van der Waals surface area (Å²) in [7, 11) is -3.59. The molecule has 0 aliphatic heterocycles. The Labute approximate surface area is 152 Å². The topological polar surface area (TPSA) is 91.9 Å². The van der Waals surface area contributed by atoms with Crippen molar-refractivity contribution >= 4 is 10.0 Å². The molecule has 0 saturated heterocycles. The Kier molecular flexibility index (Phi) is 5.29. The lowest BCUT2D eigenvalue weighted by molar-refractivity contribution is 0.581. The van der Waals surface area contributed by atoms with Crippen LogP contribution in [-0.4, -0.2) is 18.6 Å². The summed E-state index contributed by atoms with van der Waals surface area (Å²) in [4.78, 5) is 12.0. The molecule has 0 bridgehead atoms. The third kappa shape index (κ3) is 4.44. The van der Waals surface area contributed by atoms with Crippen molar-refractivity contribution < 1.29 is 8.42 Å². The Hall–Kier alpha value is -2.77. The average molecular weight is 369 g/mol. The summed E-state index contributed by atoms with van der Waals surface area (Å²) >= 11 is 0. The van der Waals surface area contributed by atoms with Gasteiger partial charge >= 0.3 is 0 Å². The molecule has 2 aromatic carbocycles. The quantitative estimate of drug-likeness (QED) is 0.696. The van der Waals surface area contributed by atoms with Gasteiger partial charge in [-0.2, -0.15) is 5.10 Å². The maximum Gasteiger partial charge on any atom is 0.267 e. The number of H-pyrrole nitrogens is 1. The van der Waals surface area contributed by atoms with Gasteiger partial charge in [-0.15, -0.1) is 0 Å². The first-order chi connectivity index (χ1) is 12.4. The molecule has 0 saturated carbocycles. The van der Waals surface area contributed by atoms with Crippen molar-refractivity contribution in [2.75, 3.05) is 0 Å². The molecule has 0 unspecified atom stereocenters. The van der Waals surface area contributed by atoms with Crippen molar-refractivity contribution in [2.24, 2.45) is 0 Å². The van der Waals surface area contributed by atoms with Gasteiger partial charge in [0.15, 0.2) is 0 Å². The molecular formula is C19H19N3O3S. The van der Waals surface area contributed by atoms with E-state index in [0.29, 0.717) is 12.0 Å². The molecule has 0 radical (unpaired) electrons. The van der Waals surface area contributed by atoms with Gasteiger partial charge in [-0.1, -0.05) is 42.5 Å². The number of rotatable bonds is 6. The first-order valence-corrected chi connectivity index (χ1v) is 9.60. The van der Waals surface area contributed by atoms with Gasteiger partial charge in [0.2, 0.25) is 10.0 Å². The summed E-state index contributed by atoms with van der Waals surface area (Å²) in [5, 5.41) is 6.29. The van der Waals surface area contributed by atoms with Gasteiger partial charge < -0.3 is 0 Å². The van der Waals surface area contributed by atoms with Crippen molar-refractivity contribution in [1.29, 1.82) is 0 Å². The van der Waals surface area contributed by atoms with Crippen LogP contribution in [0.3, 0.4) is 0 Å². The van der Waals surface area contributed by atoms with E-state index in [1.54, 1.807) is 37.3 Å². The van der Waals surface area contributed by atoms with E-state index >= 15 is 0 Å². The number of aromatic nitrogens is 2. The predicted molar refractivity (Wildman–Crippen MR) is 99.3 cm³/mol. The molecule has 0 aliphatic rings. The number of sulfonamides is 1. The second-order valence-electron chi connectivity index (χ2n) is 5.99. The molecule has 0 spiro atoms. The lowest BCUT2D eigenvalue weighted by Crippen LogP contribution is -2.23. The van der Waals surface area contributed by atoms with Crippen LogP contribution in [0.25, 0.3) is 0 Å². The highest BCUT2D eigenvalue weighted by atomic mass is 32.2. The summed E-state index contributed by atoms with van der Waals surface area (Å²) in [5.41, 5.74) is 2.82. The van der Waals surface area contributed by atoms with Crippen LogP contribution in [0.5, 0.6) is 0 Å². The molecule has 6 nitrogen and oxygen atoms in total. The van der Waals surface area contributed by atoms with E-state index in [1.807, 2.05) is 30.3 Å². The van der Waals surface area contributed by atoms with Crippen LogP contribution in [0, 0.1) is 6.92 Å². The molecule has 0 fully saturated rings. The first-order valence-electron chi connectivity index (χ1n) is 8.12. The van der Waals surface area contributed by atoms with Gasteiger partial charge in [-0.05, 0) is 36.2 Å². The smallest absolute Gasteiger partial charge is 0.267 e. The zero-order chi connectivity index (χ0) is 18.6. The minimum absolute atomic E-state index is 0.192.